The fraction of sp³-hybridized carbons (Fsp3) is 0.854. The molecular formula is C41H77IN2O12P4. The van der Waals surface area contributed by atoms with Crippen LogP contribution in [0, 0.1) is 27.6 Å². The van der Waals surface area contributed by atoms with Gasteiger partial charge in [0.1, 0.15) is 38.0 Å². The van der Waals surface area contributed by atoms with Crippen molar-refractivity contribution in [2.75, 3.05) is 136 Å². The Morgan fingerprint density at radius 2 is 1.23 bits per heavy atom. The molecule has 1 N–H and O–H groups in total. The predicted octanol–water partition coefficient (Wildman–Crippen LogP) is 4.94. The number of carbonyl (C=O) groups excluding carboxylic acids is 6. The Bertz CT molecular complexity index is 1270. The van der Waals surface area contributed by atoms with Crippen molar-refractivity contribution >= 4 is 93.0 Å². The molecule has 0 spiro atoms. The zero-order valence-corrected chi connectivity index (χ0v) is 44.3. The SMILES string of the molecule is CPCC(C)(C)C(=O)OCC(COCC(=O)NCCOCCOCCCC(=O)C(CC(=O)CI)CN(C)C)(COC(=O)C(C)(C)CPC)COC(=O)C(C)(CCP)CPC. The van der Waals surface area contributed by atoms with E-state index < -0.39 is 45.5 Å². The van der Waals surface area contributed by atoms with Gasteiger partial charge in [0.15, 0.2) is 0 Å². The molecule has 0 bridgehead atoms. The summed E-state index contributed by atoms with van der Waals surface area (Å²) in [4.78, 5) is 79.6. The van der Waals surface area contributed by atoms with E-state index in [1.165, 1.54) is 0 Å². The average Bonchev–Trinajstić information content (AvgIpc) is 3.17. The lowest BCUT2D eigenvalue weighted by molar-refractivity contribution is -0.178. The molecule has 6 atom stereocenters. The maximum absolute atomic E-state index is 13.6. The maximum atomic E-state index is 13.6. The van der Waals surface area contributed by atoms with Crippen molar-refractivity contribution in [3.63, 3.8) is 0 Å². The Kier molecular flexibility index (Phi) is 31.9. The maximum Gasteiger partial charge on any atom is 0.312 e. The van der Waals surface area contributed by atoms with Gasteiger partial charge < -0.3 is 38.6 Å². The van der Waals surface area contributed by atoms with Crippen LogP contribution in [-0.4, -0.2) is 176 Å². The van der Waals surface area contributed by atoms with Crippen LogP contribution < -0.4 is 5.32 Å². The lowest BCUT2D eigenvalue weighted by Crippen LogP contribution is -2.47. The smallest absolute Gasteiger partial charge is 0.312 e. The highest BCUT2D eigenvalue weighted by molar-refractivity contribution is 14.1. The highest BCUT2D eigenvalue weighted by Gasteiger charge is 2.42. The summed E-state index contributed by atoms with van der Waals surface area (Å²) in [6.45, 7) is 15.8. The third-order valence-electron chi connectivity index (χ3n) is 9.58. The second-order valence-corrected chi connectivity index (χ2v) is 21.7. The number of ether oxygens (including phenoxy) is 6. The molecule has 0 aliphatic heterocycles. The van der Waals surface area contributed by atoms with Gasteiger partial charge >= 0.3 is 17.9 Å². The zero-order chi connectivity index (χ0) is 45.8. The first-order chi connectivity index (χ1) is 28.2. The quantitative estimate of drug-likeness (QED) is 0.0222. The van der Waals surface area contributed by atoms with E-state index in [0.717, 1.165) is 0 Å². The van der Waals surface area contributed by atoms with Gasteiger partial charge in [0, 0.05) is 38.5 Å². The van der Waals surface area contributed by atoms with E-state index in [9.17, 15) is 28.8 Å². The first-order valence-electron chi connectivity index (χ1n) is 20.6. The Balaban J connectivity index is 5.48. The van der Waals surface area contributed by atoms with Gasteiger partial charge in [-0.2, -0.15) is 0 Å². The number of rotatable bonds is 37. The number of hydrogen-bond donors (Lipinski definition) is 1. The molecule has 60 heavy (non-hydrogen) atoms. The van der Waals surface area contributed by atoms with E-state index >= 15 is 0 Å². The van der Waals surface area contributed by atoms with Crippen LogP contribution in [0.3, 0.4) is 0 Å². The molecule has 0 fully saturated rings. The third kappa shape index (κ3) is 25.1. The van der Waals surface area contributed by atoms with Crippen molar-refractivity contribution < 1.29 is 57.2 Å². The minimum Gasteiger partial charge on any atom is -0.464 e. The molecule has 1 amide bonds. The predicted molar refractivity (Wildman–Crippen MR) is 258 cm³/mol. The molecule has 0 heterocycles. The van der Waals surface area contributed by atoms with Crippen molar-refractivity contribution in [3.8, 4) is 0 Å². The van der Waals surface area contributed by atoms with E-state index in [0.29, 0.717) is 100 Å². The summed E-state index contributed by atoms with van der Waals surface area (Å²) in [5.41, 5.74) is -3.56. The van der Waals surface area contributed by atoms with E-state index in [1.54, 1.807) is 0 Å². The lowest BCUT2D eigenvalue weighted by atomic mass is 9.88. The van der Waals surface area contributed by atoms with Gasteiger partial charge in [-0.25, -0.2) is 0 Å². The molecule has 0 aromatic carbocycles. The zero-order valence-electron chi connectivity index (χ0n) is 38.0. The van der Waals surface area contributed by atoms with Crippen LogP contribution in [0.4, 0.5) is 0 Å². The number of carbonyl (C=O) groups is 6. The minimum absolute atomic E-state index is 0.0674. The summed E-state index contributed by atoms with van der Waals surface area (Å²) < 4.78 is 35.3. The van der Waals surface area contributed by atoms with Gasteiger partial charge in [0.25, 0.3) is 0 Å². The van der Waals surface area contributed by atoms with Gasteiger partial charge in [-0.1, -0.05) is 22.6 Å². The third-order valence-corrected chi connectivity index (χ3v) is 14.3. The second-order valence-electron chi connectivity index (χ2n) is 17.2. The van der Waals surface area contributed by atoms with Crippen LogP contribution in [0.5, 0.6) is 0 Å². The standard InChI is InChI=1S/C41H77IN2O12P4/c1-38(2,28-58-8)35(48)54-25-41(26-55-36(49)39(3,4)29-59-9,27-56-37(50)40(5,13-19-57)30-60-10)24-53-23-34(47)43-14-16-52-18-17-51-15-11-12-33(46)31(22-44(6)7)20-32(45)21-42/h31,58-60H,11-30,57H2,1-10H3,(H,43,47). The topological polar surface area (TPSA) is 173 Å². The van der Waals surface area contributed by atoms with Crippen LogP contribution in [-0.2, 0) is 57.2 Å². The number of amides is 1. The van der Waals surface area contributed by atoms with Gasteiger partial charge in [-0.05, 0) is 106 Å². The molecule has 0 radical (unpaired) electrons. The highest BCUT2D eigenvalue weighted by atomic mass is 127. The van der Waals surface area contributed by atoms with E-state index in [-0.39, 0.29) is 70.1 Å². The summed E-state index contributed by atoms with van der Waals surface area (Å²) in [7, 11) is 8.00. The Hall–Kier alpha value is -0.490. The number of esters is 3. The molecule has 6 unspecified atom stereocenters. The molecule has 0 aliphatic rings. The number of nitrogens with zero attached hydrogens (tertiary/aromatic N) is 1. The largest absolute Gasteiger partial charge is 0.464 e. The Morgan fingerprint density at radius 1 is 0.717 bits per heavy atom. The van der Waals surface area contributed by atoms with Crippen molar-refractivity contribution in [1.29, 1.82) is 0 Å². The summed E-state index contributed by atoms with van der Waals surface area (Å²) in [5.74, 6) is -1.85. The second kappa shape index (κ2) is 32.2. The van der Waals surface area contributed by atoms with Gasteiger partial charge in [0.2, 0.25) is 5.91 Å². The molecule has 0 saturated carbocycles. The molecule has 350 valence electrons. The number of halogens is 1. The lowest BCUT2D eigenvalue weighted by Gasteiger charge is -2.35. The fourth-order valence-corrected chi connectivity index (χ4v) is 10.2. The van der Waals surface area contributed by atoms with E-state index in [4.69, 9.17) is 28.4 Å². The summed E-state index contributed by atoms with van der Waals surface area (Å²) >= 11 is 2.02. The number of hydrogen-bond acceptors (Lipinski definition) is 13. The van der Waals surface area contributed by atoms with Crippen LogP contribution in [0.1, 0.15) is 60.3 Å². The van der Waals surface area contributed by atoms with E-state index in [1.807, 2.05) is 96.2 Å². The van der Waals surface area contributed by atoms with Gasteiger partial charge in [-0.3, -0.25) is 28.8 Å². The average molecular weight is 1040 g/mol. The molecule has 0 aromatic rings. The normalized spacial score (nSPS) is 15.1. The van der Waals surface area contributed by atoms with E-state index in [2.05, 4.69) is 14.6 Å². The van der Waals surface area contributed by atoms with Crippen molar-refractivity contribution in [2.45, 2.75) is 60.3 Å². The Labute approximate surface area is 382 Å². The van der Waals surface area contributed by atoms with Gasteiger partial charge in [-0.15, -0.1) is 35.0 Å². The molecule has 14 nitrogen and oxygen atoms in total. The number of Topliss-reactive ketones (excluding diaryl/α,β-unsaturated/α-hetero) is 2. The molecule has 0 aromatic heterocycles. The van der Waals surface area contributed by atoms with Gasteiger partial charge in [0.05, 0.1) is 52.5 Å². The van der Waals surface area contributed by atoms with Crippen molar-refractivity contribution in [2.24, 2.45) is 27.6 Å². The summed E-state index contributed by atoms with van der Waals surface area (Å²) in [6, 6.07) is 0. The van der Waals surface area contributed by atoms with Crippen molar-refractivity contribution in [1.82, 2.24) is 10.2 Å². The molecule has 0 aliphatic carbocycles. The monoisotopic (exact) mass is 1040 g/mol. The van der Waals surface area contributed by atoms with Crippen LogP contribution in [0.25, 0.3) is 0 Å². The minimum atomic E-state index is -1.30. The highest BCUT2D eigenvalue weighted by Crippen LogP contribution is 2.33. The number of ketones is 2. The molecule has 0 saturated heterocycles. The molecular weight excluding hydrogens is 963 g/mol. The fourth-order valence-electron chi connectivity index (χ4n) is 6.07. The first-order valence-corrected chi connectivity index (χ1v) is 28.0. The first kappa shape index (κ1) is 59.5. The van der Waals surface area contributed by atoms with Crippen LogP contribution in [0.15, 0.2) is 0 Å². The Morgan fingerprint density at radius 3 is 1.72 bits per heavy atom. The summed E-state index contributed by atoms with van der Waals surface area (Å²) in [5, 5.41) is 2.75. The molecule has 19 heteroatoms. The summed E-state index contributed by atoms with van der Waals surface area (Å²) in [6.07, 6.45) is 4.36. The van der Waals surface area contributed by atoms with Crippen molar-refractivity contribution in [3.05, 3.63) is 0 Å². The van der Waals surface area contributed by atoms with Crippen LogP contribution in [0.2, 0.25) is 0 Å². The van der Waals surface area contributed by atoms with Crippen LogP contribution >= 0.6 is 57.6 Å². The molecule has 0 rings (SSSR count). The number of nitrogens with one attached hydrogen (secondary N) is 1. The number of alkyl halides is 1.